The van der Waals surface area contributed by atoms with Gasteiger partial charge in [0.05, 0.1) is 22.5 Å². The van der Waals surface area contributed by atoms with Crippen LogP contribution in [0, 0.1) is 5.82 Å². The van der Waals surface area contributed by atoms with Crippen LogP contribution >= 0.6 is 0 Å². The Hall–Kier alpha value is -3.46. The molecule has 1 saturated heterocycles. The van der Waals surface area contributed by atoms with Crippen molar-refractivity contribution in [1.82, 2.24) is 4.98 Å². The summed E-state index contributed by atoms with van der Waals surface area (Å²) in [5.74, 6) is -0.677. The summed E-state index contributed by atoms with van der Waals surface area (Å²) in [5.41, 5.74) is 1.15. The minimum absolute atomic E-state index is 0.0830. The first kappa shape index (κ1) is 20.8. The Balaban J connectivity index is 1.42. The average molecular weight is 441 g/mol. The second kappa shape index (κ2) is 8.73. The fourth-order valence-corrected chi connectivity index (χ4v) is 4.41. The molecule has 0 unspecified atom stereocenters. The van der Waals surface area contributed by atoms with Gasteiger partial charge in [-0.2, -0.15) is 0 Å². The van der Waals surface area contributed by atoms with Gasteiger partial charge < -0.3 is 10.2 Å². The molecule has 1 amide bonds. The second-order valence-electron chi connectivity index (χ2n) is 7.16. The van der Waals surface area contributed by atoms with Crippen molar-refractivity contribution < 1.29 is 17.6 Å². The lowest BCUT2D eigenvalue weighted by molar-refractivity contribution is 0.102. The lowest BCUT2D eigenvalue weighted by Gasteiger charge is -2.17. The van der Waals surface area contributed by atoms with Gasteiger partial charge >= 0.3 is 0 Å². The molecule has 31 heavy (non-hydrogen) atoms. The SMILES string of the molecule is O=C(Nc1ccc(N2CCCC2)cn1)c1ccc(S(=O)(=O)Nc2ccccc2F)cc1. The van der Waals surface area contributed by atoms with Crippen molar-refractivity contribution in [3.05, 3.63) is 78.2 Å². The number of hydrogen-bond acceptors (Lipinski definition) is 5. The fourth-order valence-electron chi connectivity index (χ4n) is 3.34. The van der Waals surface area contributed by atoms with E-state index in [0.29, 0.717) is 5.82 Å². The molecule has 0 atom stereocenters. The minimum Gasteiger partial charge on any atom is -0.370 e. The number of anilines is 3. The monoisotopic (exact) mass is 440 g/mol. The zero-order valence-corrected chi connectivity index (χ0v) is 17.4. The number of hydrogen-bond donors (Lipinski definition) is 2. The molecule has 2 heterocycles. The van der Waals surface area contributed by atoms with Gasteiger partial charge in [-0.3, -0.25) is 9.52 Å². The highest BCUT2D eigenvalue weighted by Crippen LogP contribution is 2.21. The zero-order valence-electron chi connectivity index (χ0n) is 16.6. The van der Waals surface area contributed by atoms with Gasteiger partial charge in [-0.1, -0.05) is 12.1 Å². The van der Waals surface area contributed by atoms with Crippen LogP contribution in [-0.4, -0.2) is 32.4 Å². The topological polar surface area (TPSA) is 91.4 Å². The quantitative estimate of drug-likeness (QED) is 0.607. The van der Waals surface area contributed by atoms with Gasteiger partial charge in [-0.05, 0) is 61.4 Å². The van der Waals surface area contributed by atoms with E-state index in [9.17, 15) is 17.6 Å². The number of nitrogens with zero attached hydrogens (tertiary/aromatic N) is 2. The number of nitrogens with one attached hydrogen (secondary N) is 2. The molecular weight excluding hydrogens is 419 g/mol. The molecule has 0 aliphatic carbocycles. The van der Waals surface area contributed by atoms with Crippen molar-refractivity contribution in [3.63, 3.8) is 0 Å². The van der Waals surface area contributed by atoms with Gasteiger partial charge in [0.15, 0.2) is 0 Å². The lowest BCUT2D eigenvalue weighted by Crippen LogP contribution is -2.18. The number of halogens is 1. The number of para-hydroxylation sites is 1. The van der Waals surface area contributed by atoms with E-state index in [1.807, 2.05) is 6.07 Å². The highest BCUT2D eigenvalue weighted by Gasteiger charge is 2.17. The van der Waals surface area contributed by atoms with E-state index in [4.69, 9.17) is 0 Å². The smallest absolute Gasteiger partial charge is 0.261 e. The maximum atomic E-state index is 13.7. The van der Waals surface area contributed by atoms with Crippen molar-refractivity contribution in [2.24, 2.45) is 0 Å². The standard InChI is InChI=1S/C22H21FN4O3S/c23-19-5-1-2-6-20(19)26-31(29,30)18-10-7-16(8-11-18)22(28)25-21-12-9-17(15-24-21)27-13-3-4-14-27/h1-2,5-12,15,26H,3-4,13-14H2,(H,24,25,28). The van der Waals surface area contributed by atoms with Crippen LogP contribution in [0.3, 0.4) is 0 Å². The Bertz CT molecular complexity index is 1180. The summed E-state index contributed by atoms with van der Waals surface area (Å²) in [7, 11) is -3.99. The minimum atomic E-state index is -3.99. The Morgan fingerprint density at radius 2 is 1.68 bits per heavy atom. The maximum Gasteiger partial charge on any atom is 0.261 e. The third-order valence-electron chi connectivity index (χ3n) is 5.01. The van der Waals surface area contributed by atoms with Crippen LogP contribution in [0.2, 0.25) is 0 Å². The van der Waals surface area contributed by atoms with Crippen LogP contribution in [-0.2, 0) is 10.0 Å². The van der Waals surface area contributed by atoms with Crippen molar-refractivity contribution in [2.75, 3.05) is 28.0 Å². The van der Waals surface area contributed by atoms with Crippen molar-refractivity contribution in [2.45, 2.75) is 17.7 Å². The van der Waals surface area contributed by atoms with E-state index in [-0.39, 0.29) is 16.1 Å². The fraction of sp³-hybridized carbons (Fsp3) is 0.182. The molecule has 0 radical (unpaired) electrons. The third-order valence-corrected chi connectivity index (χ3v) is 6.39. The van der Waals surface area contributed by atoms with E-state index >= 15 is 0 Å². The number of amides is 1. The number of benzene rings is 2. The molecule has 9 heteroatoms. The zero-order chi connectivity index (χ0) is 21.8. The van der Waals surface area contributed by atoms with Gasteiger partial charge in [0.2, 0.25) is 0 Å². The van der Waals surface area contributed by atoms with E-state index < -0.39 is 21.7 Å². The highest BCUT2D eigenvalue weighted by atomic mass is 32.2. The second-order valence-corrected chi connectivity index (χ2v) is 8.84. The summed E-state index contributed by atoms with van der Waals surface area (Å²) in [6.45, 7) is 2.02. The van der Waals surface area contributed by atoms with E-state index in [0.717, 1.165) is 24.8 Å². The van der Waals surface area contributed by atoms with Gasteiger partial charge in [-0.25, -0.2) is 17.8 Å². The van der Waals surface area contributed by atoms with E-state index in [2.05, 4.69) is 19.9 Å². The number of carbonyl (C=O) groups excluding carboxylic acids is 1. The number of carbonyl (C=O) groups is 1. The summed E-state index contributed by atoms with van der Waals surface area (Å²) < 4.78 is 40.9. The van der Waals surface area contributed by atoms with E-state index in [1.54, 1.807) is 12.3 Å². The molecule has 1 aliphatic heterocycles. The maximum absolute atomic E-state index is 13.7. The molecule has 160 valence electrons. The lowest BCUT2D eigenvalue weighted by atomic mass is 10.2. The van der Waals surface area contributed by atoms with Gasteiger partial charge in [0.25, 0.3) is 15.9 Å². The molecule has 1 aromatic heterocycles. The first-order valence-corrected chi connectivity index (χ1v) is 11.3. The summed E-state index contributed by atoms with van der Waals surface area (Å²) in [4.78, 5) is 18.9. The number of pyridine rings is 1. The Labute approximate surface area is 180 Å². The number of rotatable bonds is 6. The van der Waals surface area contributed by atoms with Crippen LogP contribution in [0.5, 0.6) is 0 Å². The molecule has 2 N–H and O–H groups in total. The predicted molar refractivity (Wildman–Crippen MR) is 117 cm³/mol. The Kier molecular flexibility index (Phi) is 5.85. The molecule has 0 saturated carbocycles. The number of aromatic nitrogens is 1. The van der Waals surface area contributed by atoms with Crippen LogP contribution < -0.4 is 14.9 Å². The van der Waals surface area contributed by atoms with E-state index in [1.165, 1.54) is 55.3 Å². The van der Waals surface area contributed by atoms with Gasteiger partial charge in [0, 0.05) is 18.7 Å². The van der Waals surface area contributed by atoms with Gasteiger partial charge in [0.1, 0.15) is 11.6 Å². The highest BCUT2D eigenvalue weighted by molar-refractivity contribution is 7.92. The Morgan fingerprint density at radius 1 is 0.968 bits per heavy atom. The van der Waals surface area contributed by atoms with Crippen LogP contribution in [0.4, 0.5) is 21.6 Å². The van der Waals surface area contributed by atoms with Crippen molar-refractivity contribution in [1.29, 1.82) is 0 Å². The average Bonchev–Trinajstić information content (AvgIpc) is 3.31. The summed E-state index contributed by atoms with van der Waals surface area (Å²) in [6.07, 6.45) is 4.06. The molecule has 7 nitrogen and oxygen atoms in total. The molecule has 3 aromatic rings. The normalized spacial score (nSPS) is 13.8. The summed E-state index contributed by atoms with van der Waals surface area (Å²) in [6, 6.07) is 14.5. The molecule has 0 spiro atoms. The van der Waals surface area contributed by atoms with Crippen molar-refractivity contribution >= 4 is 33.1 Å². The molecule has 2 aromatic carbocycles. The third kappa shape index (κ3) is 4.83. The van der Waals surface area contributed by atoms with Crippen LogP contribution in [0.15, 0.2) is 71.8 Å². The molecule has 1 fully saturated rings. The first-order chi connectivity index (χ1) is 14.9. The molecule has 0 bridgehead atoms. The predicted octanol–water partition coefficient (Wildman–Crippen LogP) is 3.87. The van der Waals surface area contributed by atoms with Crippen LogP contribution in [0.25, 0.3) is 0 Å². The molecule has 1 aliphatic rings. The van der Waals surface area contributed by atoms with Crippen LogP contribution in [0.1, 0.15) is 23.2 Å². The summed E-state index contributed by atoms with van der Waals surface area (Å²) >= 11 is 0. The first-order valence-electron chi connectivity index (χ1n) is 9.82. The summed E-state index contributed by atoms with van der Waals surface area (Å²) in [5, 5.41) is 2.70. The Morgan fingerprint density at radius 3 is 2.32 bits per heavy atom. The molecule has 4 rings (SSSR count). The molecular formula is C22H21FN4O3S. The number of sulfonamides is 1. The van der Waals surface area contributed by atoms with Crippen molar-refractivity contribution in [3.8, 4) is 0 Å². The largest absolute Gasteiger partial charge is 0.370 e. The van der Waals surface area contributed by atoms with Gasteiger partial charge in [-0.15, -0.1) is 0 Å².